The fourth-order valence-electron chi connectivity index (χ4n) is 3.39. The van der Waals surface area contributed by atoms with Crippen LogP contribution in [0.4, 0.5) is 4.79 Å². The van der Waals surface area contributed by atoms with E-state index in [-0.39, 0.29) is 25.0 Å². The average molecular weight is 298 g/mol. The molecule has 0 aromatic heterocycles. The van der Waals surface area contributed by atoms with Crippen molar-refractivity contribution >= 4 is 12.0 Å². The van der Waals surface area contributed by atoms with Crippen molar-refractivity contribution in [3.8, 4) is 0 Å². The molecule has 2 N–H and O–H groups in total. The molecule has 0 aliphatic carbocycles. The molecular formula is C15H26N2O4. The molecule has 6 nitrogen and oxygen atoms in total. The molecule has 0 spiro atoms. The van der Waals surface area contributed by atoms with Crippen molar-refractivity contribution in [2.24, 2.45) is 11.8 Å². The zero-order valence-electron chi connectivity index (χ0n) is 12.5. The van der Waals surface area contributed by atoms with Gasteiger partial charge in [-0.3, -0.25) is 4.79 Å². The van der Waals surface area contributed by atoms with Gasteiger partial charge in [-0.25, -0.2) is 4.79 Å². The third-order valence-corrected chi connectivity index (χ3v) is 4.60. The van der Waals surface area contributed by atoms with Gasteiger partial charge in [0.05, 0.1) is 0 Å². The summed E-state index contributed by atoms with van der Waals surface area (Å²) in [6, 6.07) is 0.0631. The van der Waals surface area contributed by atoms with E-state index in [2.05, 4.69) is 0 Å². The van der Waals surface area contributed by atoms with Crippen molar-refractivity contribution in [1.29, 1.82) is 0 Å². The van der Waals surface area contributed by atoms with E-state index in [0.29, 0.717) is 25.4 Å². The van der Waals surface area contributed by atoms with Crippen LogP contribution in [-0.4, -0.2) is 64.8 Å². The molecule has 0 radical (unpaired) electrons. The second-order valence-corrected chi connectivity index (χ2v) is 6.31. The highest BCUT2D eigenvalue weighted by atomic mass is 16.4. The molecule has 0 aromatic rings. The first-order valence-electron chi connectivity index (χ1n) is 7.96. The van der Waals surface area contributed by atoms with Crippen molar-refractivity contribution in [1.82, 2.24) is 9.80 Å². The van der Waals surface area contributed by atoms with Gasteiger partial charge in [-0.1, -0.05) is 0 Å². The van der Waals surface area contributed by atoms with Crippen molar-refractivity contribution in [3.05, 3.63) is 0 Å². The summed E-state index contributed by atoms with van der Waals surface area (Å²) in [6.07, 6.45) is 4.74. The smallest absolute Gasteiger partial charge is 0.320 e. The third kappa shape index (κ3) is 4.59. The van der Waals surface area contributed by atoms with Crippen LogP contribution in [0.5, 0.6) is 0 Å². The van der Waals surface area contributed by atoms with Crippen molar-refractivity contribution in [2.45, 2.75) is 38.5 Å². The van der Waals surface area contributed by atoms with Crippen LogP contribution in [0.1, 0.15) is 38.5 Å². The van der Waals surface area contributed by atoms with E-state index in [1.54, 1.807) is 0 Å². The number of hydrogen-bond acceptors (Lipinski definition) is 3. The van der Waals surface area contributed by atoms with Crippen LogP contribution in [0, 0.1) is 11.8 Å². The Hall–Kier alpha value is -1.30. The number of carbonyl (C=O) groups is 2. The Bertz CT molecular complexity index is 375. The van der Waals surface area contributed by atoms with E-state index in [0.717, 1.165) is 38.8 Å². The highest BCUT2D eigenvalue weighted by molar-refractivity contribution is 5.74. The van der Waals surface area contributed by atoms with Crippen LogP contribution >= 0.6 is 0 Å². The number of rotatable bonds is 4. The fourth-order valence-corrected chi connectivity index (χ4v) is 3.39. The van der Waals surface area contributed by atoms with Crippen LogP contribution in [0.3, 0.4) is 0 Å². The highest BCUT2D eigenvalue weighted by Gasteiger charge is 2.30. The number of hydrogen-bond donors (Lipinski definition) is 2. The molecule has 0 bridgehead atoms. The van der Waals surface area contributed by atoms with Gasteiger partial charge in [0.25, 0.3) is 0 Å². The molecule has 2 heterocycles. The van der Waals surface area contributed by atoms with Gasteiger partial charge in [0, 0.05) is 39.2 Å². The molecule has 2 aliphatic rings. The zero-order valence-corrected chi connectivity index (χ0v) is 12.5. The summed E-state index contributed by atoms with van der Waals surface area (Å²) < 4.78 is 0. The van der Waals surface area contributed by atoms with Gasteiger partial charge in [-0.05, 0) is 43.9 Å². The standard InChI is InChI=1S/C15H26N2O4/c18-11-13-4-2-8-17(10-13)15(21)16-7-1-3-12(9-16)5-6-14(19)20/h12-13,18H,1-11H2,(H,19,20). The summed E-state index contributed by atoms with van der Waals surface area (Å²) in [5, 5.41) is 18.0. The van der Waals surface area contributed by atoms with Crippen LogP contribution in [0.25, 0.3) is 0 Å². The second kappa shape index (κ2) is 7.64. The molecule has 2 fully saturated rings. The van der Waals surface area contributed by atoms with E-state index in [4.69, 9.17) is 5.11 Å². The lowest BCUT2D eigenvalue weighted by Crippen LogP contribution is -2.50. The van der Waals surface area contributed by atoms with Gasteiger partial charge in [0.15, 0.2) is 0 Å². The maximum atomic E-state index is 12.6. The quantitative estimate of drug-likeness (QED) is 0.822. The predicted octanol–water partition coefficient (Wildman–Crippen LogP) is 1.39. The lowest BCUT2D eigenvalue weighted by atomic mass is 9.93. The van der Waals surface area contributed by atoms with Gasteiger partial charge in [-0.15, -0.1) is 0 Å². The van der Waals surface area contributed by atoms with Crippen LogP contribution in [0.15, 0.2) is 0 Å². The maximum Gasteiger partial charge on any atom is 0.320 e. The first kappa shape index (κ1) is 16.1. The minimum Gasteiger partial charge on any atom is -0.481 e. The van der Waals surface area contributed by atoms with Gasteiger partial charge < -0.3 is 20.0 Å². The Balaban J connectivity index is 1.85. The number of amides is 2. The van der Waals surface area contributed by atoms with Crippen LogP contribution in [0.2, 0.25) is 0 Å². The summed E-state index contributed by atoms with van der Waals surface area (Å²) in [6.45, 7) is 3.00. The third-order valence-electron chi connectivity index (χ3n) is 4.60. The number of aliphatic carboxylic acids is 1. The van der Waals surface area contributed by atoms with Crippen LogP contribution < -0.4 is 0 Å². The molecule has 2 rings (SSSR count). The SMILES string of the molecule is O=C(O)CCC1CCCN(C(=O)N2CCCC(CO)C2)C1. The van der Waals surface area contributed by atoms with E-state index < -0.39 is 5.97 Å². The lowest BCUT2D eigenvalue weighted by Gasteiger charge is -2.39. The minimum absolute atomic E-state index is 0.0631. The normalized spacial score (nSPS) is 26.7. The van der Waals surface area contributed by atoms with E-state index in [9.17, 15) is 14.7 Å². The summed E-state index contributed by atoms with van der Waals surface area (Å²) >= 11 is 0. The number of urea groups is 1. The summed E-state index contributed by atoms with van der Waals surface area (Å²) in [7, 11) is 0. The largest absolute Gasteiger partial charge is 0.481 e. The predicted molar refractivity (Wildman–Crippen MR) is 77.9 cm³/mol. The monoisotopic (exact) mass is 298 g/mol. The number of likely N-dealkylation sites (tertiary alicyclic amines) is 2. The molecular weight excluding hydrogens is 272 g/mol. The van der Waals surface area contributed by atoms with Gasteiger partial charge in [0.2, 0.25) is 0 Å². The number of aliphatic hydroxyl groups excluding tert-OH is 1. The first-order chi connectivity index (χ1) is 10.1. The maximum absolute atomic E-state index is 12.6. The average Bonchev–Trinajstić information content (AvgIpc) is 2.52. The number of carboxylic acid groups (broad SMARTS) is 1. The number of piperidine rings is 2. The van der Waals surface area contributed by atoms with Gasteiger partial charge in [-0.2, -0.15) is 0 Å². The van der Waals surface area contributed by atoms with Crippen molar-refractivity contribution < 1.29 is 19.8 Å². The van der Waals surface area contributed by atoms with Gasteiger partial charge in [0.1, 0.15) is 0 Å². The first-order valence-corrected chi connectivity index (χ1v) is 7.96. The Kier molecular flexibility index (Phi) is 5.85. The second-order valence-electron chi connectivity index (χ2n) is 6.31. The van der Waals surface area contributed by atoms with Crippen molar-refractivity contribution in [3.63, 3.8) is 0 Å². The molecule has 2 saturated heterocycles. The Labute approximate surface area is 125 Å². The lowest BCUT2D eigenvalue weighted by molar-refractivity contribution is -0.137. The summed E-state index contributed by atoms with van der Waals surface area (Å²) in [5.74, 6) is -0.257. The highest BCUT2D eigenvalue weighted by Crippen LogP contribution is 2.24. The molecule has 0 aromatic carbocycles. The molecule has 120 valence electrons. The molecule has 0 saturated carbocycles. The molecule has 2 amide bonds. The number of aliphatic hydroxyl groups is 1. The molecule has 2 atom stereocenters. The molecule has 6 heteroatoms. The van der Waals surface area contributed by atoms with Gasteiger partial charge >= 0.3 is 12.0 Å². The Morgan fingerprint density at radius 1 is 1.00 bits per heavy atom. The van der Waals surface area contributed by atoms with Crippen LogP contribution in [-0.2, 0) is 4.79 Å². The van der Waals surface area contributed by atoms with E-state index >= 15 is 0 Å². The van der Waals surface area contributed by atoms with Crippen molar-refractivity contribution in [2.75, 3.05) is 32.8 Å². The topological polar surface area (TPSA) is 81.1 Å². The molecule has 2 aliphatic heterocycles. The Morgan fingerprint density at radius 3 is 2.14 bits per heavy atom. The summed E-state index contributed by atoms with van der Waals surface area (Å²) in [5.41, 5.74) is 0. The van der Waals surface area contributed by atoms with E-state index in [1.807, 2.05) is 9.80 Å². The molecule has 21 heavy (non-hydrogen) atoms. The van der Waals surface area contributed by atoms with E-state index in [1.165, 1.54) is 0 Å². The zero-order chi connectivity index (χ0) is 15.2. The fraction of sp³-hybridized carbons (Fsp3) is 0.867. The summed E-state index contributed by atoms with van der Waals surface area (Å²) in [4.78, 5) is 26.9. The molecule has 2 unspecified atom stereocenters. The minimum atomic E-state index is -0.764. The number of carbonyl (C=O) groups excluding carboxylic acids is 1. The number of carboxylic acids is 1. The Morgan fingerprint density at radius 2 is 1.57 bits per heavy atom. The number of nitrogens with zero attached hydrogens (tertiary/aromatic N) is 2.